The molecule has 0 aliphatic rings. The van der Waals surface area contributed by atoms with E-state index in [1.54, 1.807) is 18.7 Å². The fourth-order valence-corrected chi connectivity index (χ4v) is 3.63. The summed E-state index contributed by atoms with van der Waals surface area (Å²) in [4.78, 5) is 15.0. The number of hydrogen-bond donors (Lipinski definition) is 0. The van der Waals surface area contributed by atoms with Crippen LogP contribution >= 0.6 is 0 Å². The highest BCUT2D eigenvalue weighted by molar-refractivity contribution is 5.81. The van der Waals surface area contributed by atoms with Crippen molar-refractivity contribution < 1.29 is 4.74 Å². The lowest BCUT2D eigenvalue weighted by atomic mass is 10.1. The van der Waals surface area contributed by atoms with Crippen molar-refractivity contribution in [3.8, 4) is 5.75 Å². The Hall–Kier alpha value is -3.19. The minimum Gasteiger partial charge on any atom is -0.497 e. The first kappa shape index (κ1) is 19.1. The van der Waals surface area contributed by atoms with Gasteiger partial charge in [-0.2, -0.15) is 0 Å². The van der Waals surface area contributed by atoms with Gasteiger partial charge in [0.2, 0.25) is 5.78 Å². The topological polar surface area (TPSA) is 64.7 Å². The summed E-state index contributed by atoms with van der Waals surface area (Å²) < 4.78 is 8.80. The molecule has 150 valence electrons. The highest BCUT2D eigenvalue weighted by Gasteiger charge is 2.17. The van der Waals surface area contributed by atoms with E-state index in [1.807, 2.05) is 41.7 Å². The molecule has 2 aromatic heterocycles. The first-order chi connectivity index (χ1) is 14.0. The smallest absolute Gasteiger partial charge is 0.262 e. The number of rotatable bonds is 6. The second kappa shape index (κ2) is 7.67. The van der Waals surface area contributed by atoms with E-state index in [0.717, 1.165) is 35.7 Å². The fraction of sp³-hybridized carbons (Fsp3) is 0.318. The van der Waals surface area contributed by atoms with Crippen LogP contribution in [-0.4, -0.2) is 37.7 Å². The highest BCUT2D eigenvalue weighted by Crippen LogP contribution is 2.18. The van der Waals surface area contributed by atoms with Crippen LogP contribution in [0, 0.1) is 6.92 Å². The van der Waals surface area contributed by atoms with Crippen molar-refractivity contribution in [1.29, 1.82) is 0 Å². The van der Waals surface area contributed by atoms with Crippen LogP contribution in [0.25, 0.3) is 16.7 Å². The molecule has 0 fully saturated rings. The van der Waals surface area contributed by atoms with Gasteiger partial charge in [-0.25, -0.2) is 0 Å². The van der Waals surface area contributed by atoms with Crippen molar-refractivity contribution >= 4 is 16.7 Å². The molecular formula is C22H25N5O2. The third-order valence-electron chi connectivity index (χ3n) is 5.32. The SMILES string of the molecule is CCN(Cc1ccc(OC)cc1)Cc1nnc2n(C)c(=O)c3cc(C)ccc3n12. The second-order valence-corrected chi connectivity index (χ2v) is 7.29. The minimum atomic E-state index is -0.0549. The highest BCUT2D eigenvalue weighted by atomic mass is 16.5. The predicted molar refractivity (Wildman–Crippen MR) is 113 cm³/mol. The second-order valence-electron chi connectivity index (χ2n) is 7.29. The number of benzene rings is 2. The molecule has 0 radical (unpaired) electrons. The molecule has 4 rings (SSSR count). The Bertz CT molecular complexity index is 1220. The molecule has 0 saturated heterocycles. The summed E-state index contributed by atoms with van der Waals surface area (Å²) in [6, 6.07) is 14.0. The molecule has 0 atom stereocenters. The van der Waals surface area contributed by atoms with Gasteiger partial charge in [0.25, 0.3) is 5.56 Å². The van der Waals surface area contributed by atoms with Crippen LogP contribution in [0.2, 0.25) is 0 Å². The van der Waals surface area contributed by atoms with Crippen molar-refractivity contribution in [2.24, 2.45) is 7.05 Å². The van der Waals surface area contributed by atoms with Crippen LogP contribution in [0.1, 0.15) is 23.9 Å². The monoisotopic (exact) mass is 391 g/mol. The molecule has 2 aromatic carbocycles. The van der Waals surface area contributed by atoms with E-state index in [-0.39, 0.29) is 5.56 Å². The number of methoxy groups -OCH3 is 1. The molecule has 4 aromatic rings. The van der Waals surface area contributed by atoms with E-state index in [4.69, 9.17) is 4.74 Å². The summed E-state index contributed by atoms with van der Waals surface area (Å²) in [5.74, 6) is 2.23. The number of ether oxygens (including phenoxy) is 1. The van der Waals surface area contributed by atoms with Gasteiger partial charge in [0.1, 0.15) is 5.75 Å². The third-order valence-corrected chi connectivity index (χ3v) is 5.32. The summed E-state index contributed by atoms with van der Waals surface area (Å²) in [5.41, 5.74) is 3.04. The van der Waals surface area contributed by atoms with Crippen molar-refractivity contribution in [1.82, 2.24) is 24.1 Å². The van der Waals surface area contributed by atoms with E-state index in [2.05, 4.69) is 34.2 Å². The summed E-state index contributed by atoms with van der Waals surface area (Å²) >= 11 is 0. The molecule has 0 aliphatic carbocycles. The van der Waals surface area contributed by atoms with Crippen LogP contribution < -0.4 is 10.3 Å². The zero-order valence-corrected chi connectivity index (χ0v) is 17.2. The zero-order chi connectivity index (χ0) is 20.5. The summed E-state index contributed by atoms with van der Waals surface area (Å²) in [6.07, 6.45) is 0. The normalized spacial score (nSPS) is 11.6. The lowest BCUT2D eigenvalue weighted by molar-refractivity contribution is 0.263. The van der Waals surface area contributed by atoms with Gasteiger partial charge in [-0.1, -0.05) is 30.7 Å². The van der Waals surface area contributed by atoms with Gasteiger partial charge in [-0.3, -0.25) is 18.7 Å². The Balaban J connectivity index is 1.73. The van der Waals surface area contributed by atoms with Crippen molar-refractivity contribution in [2.45, 2.75) is 26.9 Å². The Labute approximate surface area is 169 Å². The van der Waals surface area contributed by atoms with Gasteiger partial charge in [0, 0.05) is 13.6 Å². The molecule has 7 nitrogen and oxygen atoms in total. The maximum absolute atomic E-state index is 12.7. The minimum absolute atomic E-state index is 0.0549. The van der Waals surface area contributed by atoms with Gasteiger partial charge < -0.3 is 4.74 Å². The summed E-state index contributed by atoms with van der Waals surface area (Å²) in [6.45, 7) is 6.40. The van der Waals surface area contributed by atoms with Gasteiger partial charge in [0.15, 0.2) is 5.82 Å². The van der Waals surface area contributed by atoms with E-state index in [1.165, 1.54) is 5.56 Å². The molecule has 2 heterocycles. The molecule has 0 N–H and O–H groups in total. The van der Waals surface area contributed by atoms with E-state index in [9.17, 15) is 4.79 Å². The number of hydrogen-bond acceptors (Lipinski definition) is 5. The molecule has 0 amide bonds. The predicted octanol–water partition coefficient (Wildman–Crippen LogP) is 2.92. The number of nitrogens with zero attached hydrogens (tertiary/aromatic N) is 5. The van der Waals surface area contributed by atoms with E-state index >= 15 is 0 Å². The van der Waals surface area contributed by atoms with Crippen LogP contribution in [-0.2, 0) is 20.1 Å². The average Bonchev–Trinajstić information content (AvgIpc) is 3.15. The van der Waals surface area contributed by atoms with Gasteiger partial charge >= 0.3 is 0 Å². The van der Waals surface area contributed by atoms with Crippen molar-refractivity contribution in [3.05, 3.63) is 69.8 Å². The fourth-order valence-electron chi connectivity index (χ4n) is 3.63. The van der Waals surface area contributed by atoms with Crippen molar-refractivity contribution in [3.63, 3.8) is 0 Å². The Morgan fingerprint density at radius 2 is 1.83 bits per heavy atom. The lowest BCUT2D eigenvalue weighted by Gasteiger charge is -2.20. The molecule has 0 saturated carbocycles. The van der Waals surface area contributed by atoms with Gasteiger partial charge in [-0.15, -0.1) is 10.2 Å². The standard InChI is InChI=1S/C22H25N5O2/c1-5-26(13-16-7-9-17(29-4)10-8-16)14-20-23-24-22-25(3)21(28)18-12-15(2)6-11-19(18)27(20)22/h6-12H,5,13-14H2,1-4H3. The molecule has 7 heteroatoms. The van der Waals surface area contributed by atoms with Crippen LogP contribution in [0.4, 0.5) is 0 Å². The zero-order valence-electron chi connectivity index (χ0n) is 17.2. The molecule has 0 bridgehead atoms. The first-order valence-electron chi connectivity index (χ1n) is 9.70. The maximum atomic E-state index is 12.7. The van der Waals surface area contributed by atoms with E-state index < -0.39 is 0 Å². The Morgan fingerprint density at radius 3 is 2.52 bits per heavy atom. The number of aryl methyl sites for hydroxylation is 2. The Morgan fingerprint density at radius 1 is 1.07 bits per heavy atom. The van der Waals surface area contributed by atoms with Gasteiger partial charge in [0.05, 0.1) is 24.6 Å². The van der Waals surface area contributed by atoms with Crippen LogP contribution in [0.3, 0.4) is 0 Å². The molecular weight excluding hydrogens is 366 g/mol. The first-order valence-corrected chi connectivity index (χ1v) is 9.70. The lowest BCUT2D eigenvalue weighted by Crippen LogP contribution is -2.25. The third kappa shape index (κ3) is 3.49. The number of fused-ring (bicyclic) bond motifs is 3. The molecule has 0 spiro atoms. The van der Waals surface area contributed by atoms with E-state index in [0.29, 0.717) is 17.7 Å². The van der Waals surface area contributed by atoms with Crippen LogP contribution in [0.15, 0.2) is 47.3 Å². The quantitative estimate of drug-likeness (QED) is 0.506. The van der Waals surface area contributed by atoms with Gasteiger partial charge in [-0.05, 0) is 43.3 Å². The van der Waals surface area contributed by atoms with Crippen molar-refractivity contribution in [2.75, 3.05) is 13.7 Å². The Kier molecular flexibility index (Phi) is 5.07. The largest absolute Gasteiger partial charge is 0.497 e. The molecule has 0 aliphatic heterocycles. The summed E-state index contributed by atoms with van der Waals surface area (Å²) in [5, 5.41) is 9.40. The van der Waals surface area contributed by atoms with Crippen LogP contribution in [0.5, 0.6) is 5.75 Å². The summed E-state index contributed by atoms with van der Waals surface area (Å²) in [7, 11) is 3.41. The maximum Gasteiger partial charge on any atom is 0.262 e. The molecule has 29 heavy (non-hydrogen) atoms. The number of aromatic nitrogens is 4. The molecule has 0 unspecified atom stereocenters. The average molecular weight is 391 g/mol.